The van der Waals surface area contributed by atoms with E-state index in [0.717, 1.165) is 22.9 Å². The summed E-state index contributed by atoms with van der Waals surface area (Å²) < 4.78 is 12.2. The molecule has 1 aromatic carbocycles. The normalized spacial score (nSPS) is 20.1. The van der Waals surface area contributed by atoms with Crippen molar-refractivity contribution in [2.24, 2.45) is 0 Å². The molecular formula is C15H17BrO4. The van der Waals surface area contributed by atoms with Gasteiger partial charge in [0.1, 0.15) is 0 Å². The molecule has 0 aromatic heterocycles. The van der Waals surface area contributed by atoms with Gasteiger partial charge >= 0.3 is 5.97 Å². The van der Waals surface area contributed by atoms with Gasteiger partial charge in [0, 0.05) is 10.0 Å². The standard InChI is InChI=1S/C15H17BrO4/c1-19-12-8-9(16)7-11(15(5-6-15)14(17)18)13(12)20-10-3-2-4-10/h7-8,10H,2-6H2,1H3,(H,17,18). The van der Waals surface area contributed by atoms with Crippen LogP contribution in [0, 0.1) is 0 Å². The summed E-state index contributed by atoms with van der Waals surface area (Å²) in [6.45, 7) is 0. The van der Waals surface area contributed by atoms with Crippen molar-refractivity contribution in [3.63, 3.8) is 0 Å². The molecule has 3 rings (SSSR count). The maximum absolute atomic E-state index is 11.6. The topological polar surface area (TPSA) is 55.8 Å². The van der Waals surface area contributed by atoms with E-state index in [-0.39, 0.29) is 6.10 Å². The van der Waals surface area contributed by atoms with Crippen molar-refractivity contribution in [2.45, 2.75) is 43.6 Å². The first-order valence-corrected chi connectivity index (χ1v) is 7.64. The number of methoxy groups -OCH3 is 1. The molecule has 20 heavy (non-hydrogen) atoms. The summed E-state index contributed by atoms with van der Waals surface area (Å²) in [4.78, 5) is 11.6. The number of carbonyl (C=O) groups is 1. The van der Waals surface area contributed by atoms with Crippen molar-refractivity contribution in [3.05, 3.63) is 22.2 Å². The lowest BCUT2D eigenvalue weighted by molar-refractivity contribution is -0.140. The monoisotopic (exact) mass is 340 g/mol. The molecule has 1 N–H and O–H groups in total. The van der Waals surface area contributed by atoms with E-state index in [1.807, 2.05) is 12.1 Å². The van der Waals surface area contributed by atoms with Gasteiger partial charge in [0.25, 0.3) is 0 Å². The molecule has 0 amide bonds. The number of aliphatic carboxylic acids is 1. The van der Waals surface area contributed by atoms with E-state index in [1.54, 1.807) is 7.11 Å². The Kier molecular flexibility index (Phi) is 3.40. The van der Waals surface area contributed by atoms with E-state index >= 15 is 0 Å². The molecule has 0 radical (unpaired) electrons. The molecule has 2 fully saturated rings. The minimum absolute atomic E-state index is 0.188. The molecule has 1 aromatic rings. The van der Waals surface area contributed by atoms with Gasteiger partial charge in [-0.1, -0.05) is 15.9 Å². The van der Waals surface area contributed by atoms with Gasteiger partial charge in [-0.2, -0.15) is 0 Å². The fraction of sp³-hybridized carbons (Fsp3) is 0.533. The summed E-state index contributed by atoms with van der Waals surface area (Å²) >= 11 is 3.43. The summed E-state index contributed by atoms with van der Waals surface area (Å²) in [5.41, 5.74) is -0.0565. The molecule has 0 unspecified atom stereocenters. The number of carboxylic acid groups (broad SMARTS) is 1. The highest BCUT2D eigenvalue weighted by Crippen LogP contribution is 2.54. The van der Waals surface area contributed by atoms with Gasteiger partial charge in [-0.15, -0.1) is 0 Å². The molecule has 0 bridgehead atoms. The van der Waals surface area contributed by atoms with Crippen LogP contribution in [-0.2, 0) is 10.2 Å². The van der Waals surface area contributed by atoms with Crippen LogP contribution in [0.25, 0.3) is 0 Å². The summed E-state index contributed by atoms with van der Waals surface area (Å²) in [6, 6.07) is 3.69. The second-order valence-corrected chi connectivity index (χ2v) is 6.46. The molecule has 5 heteroatoms. The van der Waals surface area contributed by atoms with Crippen LogP contribution in [0.5, 0.6) is 11.5 Å². The Bertz CT molecular complexity index is 547. The van der Waals surface area contributed by atoms with Crippen LogP contribution in [0.15, 0.2) is 16.6 Å². The molecule has 0 heterocycles. The second-order valence-electron chi connectivity index (χ2n) is 5.54. The number of benzene rings is 1. The highest BCUT2D eigenvalue weighted by Gasteiger charge is 2.54. The zero-order valence-corrected chi connectivity index (χ0v) is 12.9. The van der Waals surface area contributed by atoms with Crippen molar-refractivity contribution in [2.75, 3.05) is 7.11 Å². The minimum Gasteiger partial charge on any atom is -0.493 e. The van der Waals surface area contributed by atoms with Crippen molar-refractivity contribution >= 4 is 21.9 Å². The summed E-state index contributed by atoms with van der Waals surface area (Å²) in [5.74, 6) is 0.435. The van der Waals surface area contributed by atoms with E-state index in [2.05, 4.69) is 15.9 Å². The molecule has 0 saturated heterocycles. The zero-order chi connectivity index (χ0) is 14.3. The number of hydrogen-bond donors (Lipinski definition) is 1. The maximum Gasteiger partial charge on any atom is 0.314 e. The lowest BCUT2D eigenvalue weighted by atomic mass is 9.93. The average molecular weight is 341 g/mol. The summed E-state index contributed by atoms with van der Waals surface area (Å²) in [6.07, 6.45) is 4.72. The van der Waals surface area contributed by atoms with E-state index in [9.17, 15) is 9.90 Å². The van der Waals surface area contributed by atoms with Crippen molar-refractivity contribution in [3.8, 4) is 11.5 Å². The molecule has 108 valence electrons. The molecule has 2 saturated carbocycles. The van der Waals surface area contributed by atoms with Crippen LogP contribution in [0.4, 0.5) is 0 Å². The van der Waals surface area contributed by atoms with E-state index in [1.165, 1.54) is 6.42 Å². The van der Waals surface area contributed by atoms with Gasteiger partial charge < -0.3 is 14.6 Å². The Morgan fingerprint density at radius 2 is 2.10 bits per heavy atom. The van der Waals surface area contributed by atoms with E-state index < -0.39 is 11.4 Å². The van der Waals surface area contributed by atoms with Gasteiger partial charge in [0.05, 0.1) is 18.6 Å². The summed E-state index contributed by atoms with van der Waals surface area (Å²) in [5, 5.41) is 9.53. The minimum atomic E-state index is -0.795. The Labute approximate surface area is 126 Å². The highest BCUT2D eigenvalue weighted by atomic mass is 79.9. The third kappa shape index (κ3) is 2.18. The van der Waals surface area contributed by atoms with Gasteiger partial charge in [-0.25, -0.2) is 0 Å². The first kappa shape index (κ1) is 13.7. The Hall–Kier alpha value is -1.23. The van der Waals surface area contributed by atoms with E-state index in [4.69, 9.17) is 9.47 Å². The third-order valence-corrected chi connectivity index (χ3v) is 4.71. The van der Waals surface area contributed by atoms with Crippen LogP contribution >= 0.6 is 15.9 Å². The molecule has 0 spiro atoms. The Balaban J connectivity index is 2.06. The SMILES string of the molecule is COc1cc(Br)cc(C2(C(=O)O)CC2)c1OC1CCC1. The van der Waals surface area contributed by atoms with Gasteiger partial charge in [0.15, 0.2) is 11.5 Å². The lowest BCUT2D eigenvalue weighted by Crippen LogP contribution is -2.27. The Morgan fingerprint density at radius 1 is 1.40 bits per heavy atom. The molecule has 0 aliphatic heterocycles. The van der Waals surface area contributed by atoms with Gasteiger partial charge in [-0.3, -0.25) is 4.79 Å². The van der Waals surface area contributed by atoms with Crippen LogP contribution in [0.1, 0.15) is 37.7 Å². The van der Waals surface area contributed by atoms with Crippen LogP contribution < -0.4 is 9.47 Å². The lowest BCUT2D eigenvalue weighted by Gasteiger charge is -2.29. The quantitative estimate of drug-likeness (QED) is 0.891. The largest absolute Gasteiger partial charge is 0.493 e. The van der Waals surface area contributed by atoms with Crippen LogP contribution in [-0.4, -0.2) is 24.3 Å². The van der Waals surface area contributed by atoms with Crippen molar-refractivity contribution < 1.29 is 19.4 Å². The van der Waals surface area contributed by atoms with Crippen LogP contribution in [0.2, 0.25) is 0 Å². The number of ether oxygens (including phenoxy) is 2. The summed E-state index contributed by atoms with van der Waals surface area (Å²) in [7, 11) is 1.58. The first-order chi connectivity index (χ1) is 9.56. The Morgan fingerprint density at radius 3 is 2.55 bits per heavy atom. The second kappa shape index (κ2) is 4.95. The zero-order valence-electron chi connectivity index (χ0n) is 11.3. The van der Waals surface area contributed by atoms with Crippen molar-refractivity contribution in [1.29, 1.82) is 0 Å². The predicted molar refractivity (Wildman–Crippen MR) is 77.5 cm³/mol. The first-order valence-electron chi connectivity index (χ1n) is 6.85. The van der Waals surface area contributed by atoms with Crippen LogP contribution in [0.3, 0.4) is 0 Å². The van der Waals surface area contributed by atoms with Gasteiger partial charge in [-0.05, 0) is 44.2 Å². The molecule has 2 aliphatic carbocycles. The number of rotatable bonds is 5. The number of halogens is 1. The van der Waals surface area contributed by atoms with E-state index in [0.29, 0.717) is 24.3 Å². The maximum atomic E-state index is 11.6. The fourth-order valence-corrected chi connectivity index (χ4v) is 3.01. The highest BCUT2D eigenvalue weighted by molar-refractivity contribution is 9.10. The predicted octanol–water partition coefficient (Wildman–Crippen LogP) is 3.51. The molecule has 0 atom stereocenters. The number of carboxylic acids is 1. The third-order valence-electron chi connectivity index (χ3n) is 4.25. The van der Waals surface area contributed by atoms with Crippen molar-refractivity contribution in [1.82, 2.24) is 0 Å². The molecule has 2 aliphatic rings. The molecule has 4 nitrogen and oxygen atoms in total. The average Bonchev–Trinajstić information content (AvgIpc) is 3.15. The molecular weight excluding hydrogens is 324 g/mol. The fourth-order valence-electron chi connectivity index (χ4n) is 2.58. The smallest absolute Gasteiger partial charge is 0.314 e. The van der Waals surface area contributed by atoms with Gasteiger partial charge in [0.2, 0.25) is 0 Å². The number of hydrogen-bond acceptors (Lipinski definition) is 3.